The highest BCUT2D eigenvalue weighted by Gasteiger charge is 2.28. The van der Waals surface area contributed by atoms with Crippen LogP contribution in [0.2, 0.25) is 0 Å². The number of hydrogen-bond acceptors (Lipinski definition) is 2. The zero-order valence-corrected chi connectivity index (χ0v) is 8.55. The van der Waals surface area contributed by atoms with Gasteiger partial charge in [0.05, 0.1) is 0 Å². The molecule has 3 heteroatoms. The van der Waals surface area contributed by atoms with Crippen LogP contribution in [0.3, 0.4) is 0 Å². The van der Waals surface area contributed by atoms with Crippen molar-refractivity contribution in [2.24, 2.45) is 17.6 Å². The van der Waals surface area contributed by atoms with Crippen molar-refractivity contribution in [1.29, 1.82) is 0 Å². The zero-order chi connectivity index (χ0) is 9.84. The van der Waals surface area contributed by atoms with Crippen LogP contribution < -0.4 is 11.1 Å². The van der Waals surface area contributed by atoms with Gasteiger partial charge in [0.25, 0.3) is 0 Å². The number of amides is 1. The predicted octanol–water partition coefficient (Wildman–Crippen LogP) is 0.886. The van der Waals surface area contributed by atoms with E-state index >= 15 is 0 Å². The monoisotopic (exact) mass is 184 g/mol. The summed E-state index contributed by atoms with van der Waals surface area (Å²) in [6.07, 6.45) is 2.90. The summed E-state index contributed by atoms with van der Waals surface area (Å²) in [5.74, 6) is 0.900. The van der Waals surface area contributed by atoms with E-state index in [0.29, 0.717) is 12.0 Å². The summed E-state index contributed by atoms with van der Waals surface area (Å²) in [7, 11) is 0. The summed E-state index contributed by atoms with van der Waals surface area (Å²) in [5.41, 5.74) is 5.88. The third-order valence-corrected chi connectivity index (χ3v) is 2.96. The second-order valence-corrected chi connectivity index (χ2v) is 4.05. The van der Waals surface area contributed by atoms with Crippen LogP contribution in [0, 0.1) is 11.8 Å². The minimum Gasteiger partial charge on any atom is -0.356 e. The van der Waals surface area contributed by atoms with Gasteiger partial charge in [-0.3, -0.25) is 4.79 Å². The summed E-state index contributed by atoms with van der Waals surface area (Å²) in [4.78, 5) is 11.5. The van der Waals surface area contributed by atoms with Crippen molar-refractivity contribution in [3.8, 4) is 0 Å². The van der Waals surface area contributed by atoms with E-state index in [2.05, 4.69) is 12.2 Å². The van der Waals surface area contributed by atoms with Gasteiger partial charge >= 0.3 is 0 Å². The Hall–Kier alpha value is -0.570. The standard InChI is InChI=1S/C10H20N2O/c1-3-12-10(13)8-4-5-9(11)7(2)6-8/h7-9H,3-6,11H2,1-2H3,(H,12,13). The van der Waals surface area contributed by atoms with E-state index in [-0.39, 0.29) is 11.8 Å². The number of rotatable bonds is 2. The van der Waals surface area contributed by atoms with Crippen molar-refractivity contribution >= 4 is 5.91 Å². The molecule has 0 bridgehead atoms. The molecule has 1 aliphatic rings. The van der Waals surface area contributed by atoms with E-state index in [1.807, 2.05) is 6.92 Å². The molecule has 1 amide bonds. The molecule has 0 spiro atoms. The van der Waals surface area contributed by atoms with Gasteiger partial charge in [-0.2, -0.15) is 0 Å². The van der Waals surface area contributed by atoms with Gasteiger partial charge in [0.15, 0.2) is 0 Å². The number of nitrogens with two attached hydrogens (primary N) is 1. The molecule has 76 valence electrons. The van der Waals surface area contributed by atoms with Crippen LogP contribution in [0.4, 0.5) is 0 Å². The summed E-state index contributed by atoms with van der Waals surface area (Å²) < 4.78 is 0. The van der Waals surface area contributed by atoms with Crippen LogP contribution >= 0.6 is 0 Å². The molecule has 1 saturated carbocycles. The number of carbonyl (C=O) groups is 1. The highest BCUT2D eigenvalue weighted by atomic mass is 16.1. The Morgan fingerprint density at radius 2 is 2.23 bits per heavy atom. The molecule has 1 fully saturated rings. The first-order valence-corrected chi connectivity index (χ1v) is 5.18. The molecular formula is C10H20N2O. The molecule has 13 heavy (non-hydrogen) atoms. The molecule has 3 atom stereocenters. The first-order chi connectivity index (χ1) is 6.15. The van der Waals surface area contributed by atoms with Crippen LogP contribution in [0.15, 0.2) is 0 Å². The average molecular weight is 184 g/mol. The molecule has 3 unspecified atom stereocenters. The molecule has 0 aromatic carbocycles. The van der Waals surface area contributed by atoms with Crippen LogP contribution in [0.5, 0.6) is 0 Å². The quantitative estimate of drug-likeness (QED) is 0.669. The Morgan fingerprint density at radius 3 is 2.77 bits per heavy atom. The second-order valence-electron chi connectivity index (χ2n) is 4.05. The van der Waals surface area contributed by atoms with Crippen LogP contribution in [-0.2, 0) is 4.79 Å². The van der Waals surface area contributed by atoms with Gasteiger partial charge in [-0.15, -0.1) is 0 Å². The fraction of sp³-hybridized carbons (Fsp3) is 0.900. The van der Waals surface area contributed by atoms with E-state index in [0.717, 1.165) is 25.8 Å². The molecule has 3 N–H and O–H groups in total. The molecule has 0 heterocycles. The minimum atomic E-state index is 0.203. The molecule has 0 radical (unpaired) electrons. The maximum atomic E-state index is 11.5. The third-order valence-electron chi connectivity index (χ3n) is 2.96. The Balaban J connectivity index is 2.40. The minimum absolute atomic E-state index is 0.203. The van der Waals surface area contributed by atoms with Crippen molar-refractivity contribution < 1.29 is 4.79 Å². The zero-order valence-electron chi connectivity index (χ0n) is 8.55. The molecular weight excluding hydrogens is 164 g/mol. The Labute approximate surface area is 80.1 Å². The first kappa shape index (κ1) is 10.5. The maximum Gasteiger partial charge on any atom is 0.223 e. The normalized spacial score (nSPS) is 34.2. The highest BCUT2D eigenvalue weighted by molar-refractivity contribution is 5.78. The van der Waals surface area contributed by atoms with Crippen molar-refractivity contribution in [3.63, 3.8) is 0 Å². The van der Waals surface area contributed by atoms with Crippen molar-refractivity contribution in [2.75, 3.05) is 6.54 Å². The Bertz CT molecular complexity index is 182. The van der Waals surface area contributed by atoms with Crippen molar-refractivity contribution in [3.05, 3.63) is 0 Å². The van der Waals surface area contributed by atoms with Gasteiger partial charge < -0.3 is 11.1 Å². The molecule has 1 aliphatic carbocycles. The van der Waals surface area contributed by atoms with Crippen LogP contribution in [-0.4, -0.2) is 18.5 Å². The number of nitrogens with one attached hydrogen (secondary N) is 1. The Morgan fingerprint density at radius 1 is 1.54 bits per heavy atom. The molecule has 3 nitrogen and oxygen atoms in total. The van der Waals surface area contributed by atoms with E-state index in [1.165, 1.54) is 0 Å². The summed E-state index contributed by atoms with van der Waals surface area (Å²) in [5, 5.41) is 2.87. The third kappa shape index (κ3) is 2.69. The average Bonchev–Trinajstić information content (AvgIpc) is 2.10. The lowest BCUT2D eigenvalue weighted by molar-refractivity contribution is -0.126. The van der Waals surface area contributed by atoms with E-state index in [4.69, 9.17) is 5.73 Å². The topological polar surface area (TPSA) is 55.1 Å². The number of hydrogen-bond donors (Lipinski definition) is 2. The summed E-state index contributed by atoms with van der Waals surface area (Å²) in [6.45, 7) is 4.82. The highest BCUT2D eigenvalue weighted by Crippen LogP contribution is 2.27. The van der Waals surface area contributed by atoms with Gasteiger partial charge in [-0.25, -0.2) is 0 Å². The lowest BCUT2D eigenvalue weighted by Gasteiger charge is -2.30. The SMILES string of the molecule is CCNC(=O)C1CCC(N)C(C)C1. The Kier molecular flexibility index (Phi) is 3.72. The van der Waals surface area contributed by atoms with Crippen molar-refractivity contribution in [1.82, 2.24) is 5.32 Å². The largest absolute Gasteiger partial charge is 0.356 e. The van der Waals surface area contributed by atoms with E-state index in [9.17, 15) is 4.79 Å². The first-order valence-electron chi connectivity index (χ1n) is 5.18. The molecule has 0 aromatic rings. The van der Waals surface area contributed by atoms with E-state index in [1.54, 1.807) is 0 Å². The molecule has 0 saturated heterocycles. The summed E-state index contributed by atoms with van der Waals surface area (Å²) in [6, 6.07) is 0.297. The van der Waals surface area contributed by atoms with Crippen LogP contribution in [0.1, 0.15) is 33.1 Å². The predicted molar refractivity (Wildman–Crippen MR) is 53.2 cm³/mol. The fourth-order valence-corrected chi connectivity index (χ4v) is 1.98. The lowest BCUT2D eigenvalue weighted by atomic mass is 9.79. The molecule has 1 rings (SSSR count). The molecule has 0 aliphatic heterocycles. The summed E-state index contributed by atoms with van der Waals surface area (Å²) >= 11 is 0. The van der Waals surface area contributed by atoms with Gasteiger partial charge in [0.1, 0.15) is 0 Å². The van der Waals surface area contributed by atoms with Crippen LogP contribution in [0.25, 0.3) is 0 Å². The maximum absolute atomic E-state index is 11.5. The van der Waals surface area contributed by atoms with Gasteiger partial charge in [0, 0.05) is 18.5 Å². The molecule has 0 aromatic heterocycles. The lowest BCUT2D eigenvalue weighted by Crippen LogP contribution is -2.40. The van der Waals surface area contributed by atoms with Gasteiger partial charge in [-0.05, 0) is 32.1 Å². The smallest absolute Gasteiger partial charge is 0.223 e. The van der Waals surface area contributed by atoms with Gasteiger partial charge in [0.2, 0.25) is 5.91 Å². The second kappa shape index (κ2) is 4.61. The van der Waals surface area contributed by atoms with Gasteiger partial charge in [-0.1, -0.05) is 6.92 Å². The van der Waals surface area contributed by atoms with Crippen molar-refractivity contribution in [2.45, 2.75) is 39.2 Å². The number of carbonyl (C=O) groups excluding carboxylic acids is 1. The van der Waals surface area contributed by atoms with E-state index < -0.39 is 0 Å². The fourth-order valence-electron chi connectivity index (χ4n) is 1.98.